The molecule has 2 rings (SSSR count). The number of rotatable bonds is 4. The maximum absolute atomic E-state index is 13.6. The van der Waals surface area contributed by atoms with Gasteiger partial charge in [0.15, 0.2) is 0 Å². The van der Waals surface area contributed by atoms with Gasteiger partial charge in [-0.3, -0.25) is 0 Å². The second-order valence-corrected chi connectivity index (χ2v) is 4.23. The van der Waals surface area contributed by atoms with Gasteiger partial charge in [0.2, 0.25) is 0 Å². The highest BCUT2D eigenvalue weighted by Crippen LogP contribution is 2.31. The molecule has 0 amide bonds. The molecule has 1 unspecified atom stereocenters. The van der Waals surface area contributed by atoms with E-state index >= 15 is 0 Å². The van der Waals surface area contributed by atoms with Crippen LogP contribution in [0.3, 0.4) is 0 Å². The number of ether oxygens (including phenoxy) is 1. The first-order valence-corrected chi connectivity index (χ1v) is 5.96. The minimum atomic E-state index is -0.951. The van der Waals surface area contributed by atoms with E-state index in [9.17, 15) is 9.50 Å². The molecule has 0 bridgehead atoms. The molecule has 0 aliphatic rings. The smallest absolute Gasteiger partial charge is 0.136 e. The molecule has 0 aliphatic carbocycles. The van der Waals surface area contributed by atoms with Crippen molar-refractivity contribution in [2.45, 2.75) is 19.6 Å². The maximum atomic E-state index is 13.6. The van der Waals surface area contributed by atoms with E-state index in [-0.39, 0.29) is 17.9 Å². The van der Waals surface area contributed by atoms with E-state index in [1.165, 1.54) is 19.1 Å². The average Bonchev–Trinajstić information content (AvgIpc) is 2.39. The van der Waals surface area contributed by atoms with Crippen LogP contribution in [0.15, 0.2) is 42.5 Å². The summed E-state index contributed by atoms with van der Waals surface area (Å²) in [6.45, 7) is 1.44. The second-order valence-electron chi connectivity index (χ2n) is 4.23. The number of halogens is 1. The van der Waals surface area contributed by atoms with Crippen LogP contribution in [0, 0.1) is 5.82 Å². The van der Waals surface area contributed by atoms with Crippen LogP contribution in [0.2, 0.25) is 0 Å². The molecule has 0 heterocycles. The fourth-order valence-electron chi connectivity index (χ4n) is 1.80. The third kappa shape index (κ3) is 3.10. The monoisotopic (exact) mass is 262 g/mol. The minimum Gasteiger partial charge on any atom is -0.457 e. The van der Waals surface area contributed by atoms with Crippen LogP contribution < -0.4 is 4.74 Å². The lowest BCUT2D eigenvalue weighted by Gasteiger charge is -2.14. The Labute approximate surface area is 110 Å². The van der Waals surface area contributed by atoms with Crippen molar-refractivity contribution in [2.75, 3.05) is 0 Å². The molecule has 2 aromatic rings. The van der Waals surface area contributed by atoms with Gasteiger partial charge in [-0.2, -0.15) is 0 Å². The minimum absolute atomic E-state index is 0.0425. The van der Waals surface area contributed by atoms with Crippen molar-refractivity contribution in [2.24, 2.45) is 0 Å². The molecule has 0 aliphatic heterocycles. The number of hydrogen-bond donors (Lipinski definition) is 2. The van der Waals surface area contributed by atoms with E-state index < -0.39 is 11.9 Å². The molecule has 19 heavy (non-hydrogen) atoms. The molecule has 0 spiro atoms. The normalized spacial score (nSPS) is 12.2. The third-order valence-electron chi connectivity index (χ3n) is 2.76. The molecule has 1 atom stereocenters. The van der Waals surface area contributed by atoms with Crippen LogP contribution in [0.4, 0.5) is 4.39 Å². The summed E-state index contributed by atoms with van der Waals surface area (Å²) in [5, 5.41) is 18.5. The zero-order valence-electron chi connectivity index (χ0n) is 10.5. The van der Waals surface area contributed by atoms with Crippen molar-refractivity contribution in [1.29, 1.82) is 0 Å². The predicted octanol–water partition coefficient (Wildman–Crippen LogP) is 3.16. The zero-order valence-corrected chi connectivity index (χ0v) is 10.5. The summed E-state index contributed by atoms with van der Waals surface area (Å²) < 4.78 is 19.2. The standard InChI is InChI=1S/C15H15FO3/c1-10(18)15-13(16)3-2-4-14(15)19-12-7-5-11(9-17)6-8-12/h2-8,10,17-18H,9H2,1H3. The van der Waals surface area contributed by atoms with Crippen molar-refractivity contribution < 1.29 is 19.3 Å². The largest absolute Gasteiger partial charge is 0.457 e. The zero-order chi connectivity index (χ0) is 13.8. The molecule has 3 nitrogen and oxygen atoms in total. The van der Waals surface area contributed by atoms with Crippen molar-refractivity contribution >= 4 is 0 Å². The Kier molecular flexibility index (Phi) is 4.14. The van der Waals surface area contributed by atoms with Crippen LogP contribution in [-0.4, -0.2) is 10.2 Å². The van der Waals surface area contributed by atoms with Gasteiger partial charge in [0, 0.05) is 0 Å². The van der Waals surface area contributed by atoms with E-state index in [0.29, 0.717) is 5.75 Å². The first-order valence-electron chi connectivity index (χ1n) is 5.96. The summed E-state index contributed by atoms with van der Waals surface area (Å²) in [4.78, 5) is 0. The van der Waals surface area contributed by atoms with Gasteiger partial charge in [0.05, 0.1) is 18.3 Å². The fourth-order valence-corrected chi connectivity index (χ4v) is 1.80. The van der Waals surface area contributed by atoms with Crippen LogP contribution in [0.5, 0.6) is 11.5 Å². The molecule has 0 aromatic heterocycles. The Morgan fingerprint density at radius 3 is 2.42 bits per heavy atom. The van der Waals surface area contributed by atoms with Gasteiger partial charge in [-0.05, 0) is 36.8 Å². The van der Waals surface area contributed by atoms with Gasteiger partial charge in [-0.25, -0.2) is 4.39 Å². The fraction of sp³-hybridized carbons (Fsp3) is 0.200. The Balaban J connectivity index is 2.29. The van der Waals surface area contributed by atoms with Gasteiger partial charge < -0.3 is 14.9 Å². The van der Waals surface area contributed by atoms with Crippen molar-refractivity contribution in [3.8, 4) is 11.5 Å². The molecule has 0 radical (unpaired) electrons. The highest BCUT2D eigenvalue weighted by molar-refractivity contribution is 5.40. The first kappa shape index (κ1) is 13.5. The Bertz CT molecular complexity index is 550. The van der Waals surface area contributed by atoms with E-state index in [0.717, 1.165) is 5.56 Å². The molecule has 0 fully saturated rings. The highest BCUT2D eigenvalue weighted by atomic mass is 19.1. The molecular weight excluding hydrogens is 247 g/mol. The summed E-state index contributed by atoms with van der Waals surface area (Å²) in [6.07, 6.45) is -0.951. The van der Waals surface area contributed by atoms with Crippen LogP contribution in [0.25, 0.3) is 0 Å². The number of aliphatic hydroxyl groups is 2. The van der Waals surface area contributed by atoms with E-state index in [4.69, 9.17) is 9.84 Å². The van der Waals surface area contributed by atoms with Crippen LogP contribution in [0.1, 0.15) is 24.2 Å². The van der Waals surface area contributed by atoms with Crippen LogP contribution >= 0.6 is 0 Å². The summed E-state index contributed by atoms with van der Waals surface area (Å²) in [5.41, 5.74) is 0.899. The summed E-state index contributed by atoms with van der Waals surface area (Å²) >= 11 is 0. The van der Waals surface area contributed by atoms with Crippen LogP contribution in [-0.2, 0) is 6.61 Å². The number of hydrogen-bond acceptors (Lipinski definition) is 3. The van der Waals surface area contributed by atoms with Crippen molar-refractivity contribution in [1.82, 2.24) is 0 Å². The number of aliphatic hydroxyl groups excluding tert-OH is 2. The molecule has 2 N–H and O–H groups in total. The van der Waals surface area contributed by atoms with Gasteiger partial charge in [0.1, 0.15) is 17.3 Å². The van der Waals surface area contributed by atoms with Gasteiger partial charge in [-0.1, -0.05) is 18.2 Å². The summed E-state index contributed by atoms with van der Waals surface area (Å²) in [7, 11) is 0. The molecule has 0 saturated heterocycles. The quantitative estimate of drug-likeness (QED) is 0.889. The Morgan fingerprint density at radius 1 is 1.16 bits per heavy atom. The van der Waals surface area contributed by atoms with Crippen molar-refractivity contribution in [3.63, 3.8) is 0 Å². The van der Waals surface area contributed by atoms with Crippen molar-refractivity contribution in [3.05, 3.63) is 59.4 Å². The summed E-state index contributed by atoms with van der Waals surface area (Å²) in [6, 6.07) is 11.2. The summed E-state index contributed by atoms with van der Waals surface area (Å²) in [5.74, 6) is 0.302. The molecular formula is C15H15FO3. The maximum Gasteiger partial charge on any atom is 0.136 e. The van der Waals surface area contributed by atoms with E-state index in [1.54, 1.807) is 30.3 Å². The predicted molar refractivity (Wildman–Crippen MR) is 69.5 cm³/mol. The van der Waals surface area contributed by atoms with E-state index in [1.807, 2.05) is 0 Å². The molecule has 2 aromatic carbocycles. The van der Waals surface area contributed by atoms with Gasteiger partial charge in [0.25, 0.3) is 0 Å². The highest BCUT2D eigenvalue weighted by Gasteiger charge is 2.15. The third-order valence-corrected chi connectivity index (χ3v) is 2.76. The van der Waals surface area contributed by atoms with Gasteiger partial charge >= 0.3 is 0 Å². The molecule has 100 valence electrons. The Hall–Kier alpha value is -1.91. The number of benzene rings is 2. The lowest BCUT2D eigenvalue weighted by molar-refractivity contribution is 0.190. The first-order chi connectivity index (χ1) is 9.11. The topological polar surface area (TPSA) is 49.7 Å². The second kappa shape index (κ2) is 5.82. The molecule has 0 saturated carbocycles. The Morgan fingerprint density at radius 2 is 1.84 bits per heavy atom. The molecule has 4 heteroatoms. The van der Waals surface area contributed by atoms with E-state index in [2.05, 4.69) is 0 Å². The average molecular weight is 262 g/mol. The lowest BCUT2D eigenvalue weighted by atomic mass is 10.1. The lowest BCUT2D eigenvalue weighted by Crippen LogP contribution is -1.99. The SMILES string of the molecule is CC(O)c1c(F)cccc1Oc1ccc(CO)cc1. The van der Waals surface area contributed by atoms with Gasteiger partial charge in [-0.15, -0.1) is 0 Å².